The molecular formula is C11H6ClO3S-. The van der Waals surface area contributed by atoms with Crippen LogP contribution in [0.25, 0.3) is 0 Å². The average molecular weight is 254 g/mol. The van der Waals surface area contributed by atoms with Gasteiger partial charge < -0.3 is 9.90 Å². The van der Waals surface area contributed by atoms with Crippen LogP contribution in [0, 0.1) is 0 Å². The number of hydrogen-bond acceptors (Lipinski definition) is 4. The number of thioether (sulfide) groups is 1. The number of carboxylic acid groups (broad SMARTS) is 1. The minimum absolute atomic E-state index is 0.236. The average Bonchev–Trinajstić information content (AvgIpc) is 2.22. The van der Waals surface area contributed by atoms with E-state index in [1.54, 1.807) is 18.2 Å². The highest BCUT2D eigenvalue weighted by Gasteiger charge is 2.22. The summed E-state index contributed by atoms with van der Waals surface area (Å²) in [5.74, 6) is -1.29. The number of ketones is 1. The van der Waals surface area contributed by atoms with Crippen LogP contribution >= 0.6 is 23.4 Å². The van der Waals surface area contributed by atoms with Gasteiger partial charge >= 0.3 is 0 Å². The predicted octanol–water partition coefficient (Wildman–Crippen LogP) is 1.30. The van der Waals surface area contributed by atoms with Crippen molar-refractivity contribution in [2.75, 3.05) is 5.75 Å². The van der Waals surface area contributed by atoms with Crippen LogP contribution in [0.1, 0.15) is 10.4 Å². The first-order valence-electron chi connectivity index (χ1n) is 4.46. The second-order valence-electron chi connectivity index (χ2n) is 3.25. The normalized spacial score (nSPS) is 17.3. The minimum atomic E-state index is -1.35. The third kappa shape index (κ3) is 2.13. The zero-order chi connectivity index (χ0) is 11.7. The van der Waals surface area contributed by atoms with Gasteiger partial charge in [-0.2, -0.15) is 0 Å². The van der Waals surface area contributed by atoms with Crippen molar-refractivity contribution in [2.45, 2.75) is 4.90 Å². The van der Waals surface area contributed by atoms with Gasteiger partial charge in [-0.1, -0.05) is 11.6 Å². The quantitative estimate of drug-likeness (QED) is 0.708. The molecule has 1 aliphatic heterocycles. The van der Waals surface area contributed by atoms with E-state index >= 15 is 0 Å². The molecule has 0 N–H and O–H groups in total. The van der Waals surface area contributed by atoms with Crippen molar-refractivity contribution in [3.8, 4) is 0 Å². The van der Waals surface area contributed by atoms with Gasteiger partial charge in [-0.3, -0.25) is 4.79 Å². The maximum absolute atomic E-state index is 11.9. The lowest BCUT2D eigenvalue weighted by molar-refractivity contribution is -0.297. The summed E-state index contributed by atoms with van der Waals surface area (Å²) in [6, 6.07) is 5.01. The molecule has 3 nitrogen and oxygen atoms in total. The summed E-state index contributed by atoms with van der Waals surface area (Å²) in [5.41, 5.74) is 0.691. The van der Waals surface area contributed by atoms with E-state index < -0.39 is 5.97 Å². The molecule has 82 valence electrons. The van der Waals surface area contributed by atoms with E-state index in [1.165, 1.54) is 11.8 Å². The Hall–Kier alpha value is -1.26. The van der Waals surface area contributed by atoms with E-state index in [4.69, 9.17) is 11.6 Å². The van der Waals surface area contributed by atoms with Crippen LogP contribution in [0.4, 0.5) is 0 Å². The molecule has 0 spiro atoms. The SMILES string of the molecule is O=C([O-])/C=C1\CSc2ccc(Cl)cc2C1=O. The Kier molecular flexibility index (Phi) is 3.03. The molecule has 0 atom stereocenters. The Morgan fingerprint density at radius 1 is 1.50 bits per heavy atom. The van der Waals surface area contributed by atoms with Gasteiger partial charge in [0.15, 0.2) is 5.78 Å². The second-order valence-corrected chi connectivity index (χ2v) is 4.70. The number of halogens is 1. The summed E-state index contributed by atoms with van der Waals surface area (Å²) in [7, 11) is 0. The number of aliphatic carboxylic acids is 1. The van der Waals surface area contributed by atoms with E-state index in [-0.39, 0.29) is 11.4 Å². The smallest absolute Gasteiger partial charge is 0.191 e. The first-order valence-corrected chi connectivity index (χ1v) is 5.83. The van der Waals surface area contributed by atoms with Gasteiger partial charge in [0.05, 0.1) is 5.97 Å². The van der Waals surface area contributed by atoms with Crippen LogP contribution in [-0.2, 0) is 4.79 Å². The summed E-state index contributed by atoms with van der Waals surface area (Å²) in [4.78, 5) is 23.1. The molecule has 0 aliphatic carbocycles. The maximum atomic E-state index is 11.9. The van der Waals surface area contributed by atoms with Crippen LogP contribution in [0.15, 0.2) is 34.7 Å². The van der Waals surface area contributed by atoms with Crippen molar-refractivity contribution in [1.29, 1.82) is 0 Å². The zero-order valence-corrected chi connectivity index (χ0v) is 9.60. The van der Waals surface area contributed by atoms with Crippen LogP contribution in [0.2, 0.25) is 5.02 Å². The van der Waals surface area contributed by atoms with E-state index in [0.29, 0.717) is 16.3 Å². The molecule has 1 aliphatic rings. The Morgan fingerprint density at radius 3 is 2.94 bits per heavy atom. The van der Waals surface area contributed by atoms with Crippen LogP contribution in [0.5, 0.6) is 0 Å². The van der Waals surface area contributed by atoms with Gasteiger partial charge in [-0.15, -0.1) is 11.8 Å². The van der Waals surface area contributed by atoms with Crippen molar-refractivity contribution in [3.63, 3.8) is 0 Å². The molecule has 5 heteroatoms. The molecule has 0 radical (unpaired) electrons. The number of carboxylic acids is 1. The van der Waals surface area contributed by atoms with Gasteiger partial charge in [-0.25, -0.2) is 0 Å². The van der Waals surface area contributed by atoms with Gasteiger partial charge in [0, 0.05) is 26.8 Å². The van der Waals surface area contributed by atoms with Crippen LogP contribution in [-0.4, -0.2) is 17.5 Å². The molecule has 0 aromatic heterocycles. The number of hydrogen-bond donors (Lipinski definition) is 0. The highest BCUT2D eigenvalue weighted by atomic mass is 35.5. The molecular weight excluding hydrogens is 248 g/mol. The van der Waals surface area contributed by atoms with E-state index in [0.717, 1.165) is 11.0 Å². The van der Waals surface area contributed by atoms with Crippen molar-refractivity contribution >= 4 is 35.1 Å². The second kappa shape index (κ2) is 4.31. The minimum Gasteiger partial charge on any atom is -0.545 e. The number of carbonyl (C=O) groups is 2. The summed E-state index contributed by atoms with van der Waals surface area (Å²) in [6.07, 6.45) is 0.846. The first-order chi connectivity index (χ1) is 7.58. The van der Waals surface area contributed by atoms with Gasteiger partial charge in [-0.05, 0) is 24.3 Å². The molecule has 0 saturated carbocycles. The van der Waals surface area contributed by atoms with Gasteiger partial charge in [0.2, 0.25) is 0 Å². The molecule has 16 heavy (non-hydrogen) atoms. The topological polar surface area (TPSA) is 57.2 Å². The molecule has 0 saturated heterocycles. The highest BCUT2D eigenvalue weighted by molar-refractivity contribution is 7.99. The van der Waals surface area contributed by atoms with Crippen LogP contribution in [0.3, 0.4) is 0 Å². The lowest BCUT2D eigenvalue weighted by Gasteiger charge is -2.17. The standard InChI is InChI=1S/C11H7ClO3S/c12-7-1-2-9-8(4-7)11(15)6(5-16-9)3-10(13)14/h1-4H,5H2,(H,13,14)/p-1/b6-3+. The third-order valence-corrected chi connectivity index (χ3v) is 3.51. The fourth-order valence-corrected chi connectivity index (χ4v) is 2.62. The number of rotatable bonds is 1. The lowest BCUT2D eigenvalue weighted by Crippen LogP contribution is -2.22. The predicted molar refractivity (Wildman–Crippen MR) is 59.6 cm³/mol. The Balaban J connectivity index is 2.46. The summed E-state index contributed by atoms with van der Waals surface area (Å²) in [6.45, 7) is 0. The summed E-state index contributed by atoms with van der Waals surface area (Å²) >= 11 is 7.20. The van der Waals surface area contributed by atoms with Crippen molar-refractivity contribution in [1.82, 2.24) is 0 Å². The molecule has 1 aromatic carbocycles. The van der Waals surface area contributed by atoms with Crippen molar-refractivity contribution in [3.05, 3.63) is 40.4 Å². The number of Topliss-reactive ketones (excluding diaryl/α,β-unsaturated/α-hetero) is 1. The summed E-state index contributed by atoms with van der Waals surface area (Å²) in [5, 5.41) is 10.9. The molecule has 0 fully saturated rings. The molecule has 1 heterocycles. The fourth-order valence-electron chi connectivity index (χ4n) is 1.45. The Bertz CT molecular complexity index is 508. The number of benzene rings is 1. The Labute approximate surface area is 101 Å². The highest BCUT2D eigenvalue weighted by Crippen LogP contribution is 2.33. The van der Waals surface area contributed by atoms with Gasteiger partial charge in [0.1, 0.15) is 0 Å². The molecule has 0 unspecified atom stereocenters. The fraction of sp³-hybridized carbons (Fsp3) is 0.0909. The number of carbonyl (C=O) groups excluding carboxylic acids is 2. The Morgan fingerprint density at radius 2 is 2.25 bits per heavy atom. The molecule has 0 amide bonds. The third-order valence-electron chi connectivity index (χ3n) is 2.15. The molecule has 2 rings (SSSR count). The van der Waals surface area contributed by atoms with E-state index in [2.05, 4.69) is 0 Å². The summed E-state index contributed by atoms with van der Waals surface area (Å²) < 4.78 is 0. The maximum Gasteiger partial charge on any atom is 0.191 e. The van der Waals surface area contributed by atoms with Crippen molar-refractivity contribution < 1.29 is 14.7 Å². The monoisotopic (exact) mass is 253 g/mol. The van der Waals surface area contributed by atoms with E-state index in [1.807, 2.05) is 0 Å². The van der Waals surface area contributed by atoms with E-state index in [9.17, 15) is 14.7 Å². The van der Waals surface area contributed by atoms with Gasteiger partial charge in [0.25, 0.3) is 0 Å². The first kappa shape index (κ1) is 11.2. The number of fused-ring (bicyclic) bond motifs is 1. The molecule has 1 aromatic rings. The van der Waals surface area contributed by atoms with Crippen LogP contribution < -0.4 is 5.11 Å². The molecule has 0 bridgehead atoms. The van der Waals surface area contributed by atoms with Crippen molar-refractivity contribution in [2.24, 2.45) is 0 Å². The zero-order valence-electron chi connectivity index (χ0n) is 8.03. The largest absolute Gasteiger partial charge is 0.545 e. The lowest BCUT2D eigenvalue weighted by atomic mass is 10.0.